The Morgan fingerprint density at radius 3 is 2.64 bits per heavy atom. The highest BCUT2D eigenvalue weighted by Gasteiger charge is 2.15. The third-order valence-corrected chi connectivity index (χ3v) is 4.40. The summed E-state index contributed by atoms with van der Waals surface area (Å²) < 4.78 is 6.84. The van der Waals surface area contributed by atoms with Gasteiger partial charge in [-0.3, -0.25) is 0 Å². The number of ether oxygens (including phenoxy) is 1. The molecule has 0 aliphatic heterocycles. The van der Waals surface area contributed by atoms with Gasteiger partial charge in [-0.1, -0.05) is 25.4 Å². The number of rotatable bonds is 6. The maximum atomic E-state index is 6.34. The topological polar surface area (TPSA) is 90.4 Å². The van der Waals surface area contributed by atoms with Crippen molar-refractivity contribution in [1.29, 1.82) is 0 Å². The zero-order valence-corrected chi connectivity index (χ0v) is 15.2. The van der Waals surface area contributed by atoms with Crippen LogP contribution in [0.15, 0.2) is 24.3 Å². The number of nitrogen functional groups attached to an aromatic ring is 1. The Morgan fingerprint density at radius 2 is 2.00 bits per heavy atom. The van der Waals surface area contributed by atoms with E-state index in [1.807, 2.05) is 12.1 Å². The minimum absolute atomic E-state index is 0.322. The highest BCUT2D eigenvalue weighted by molar-refractivity contribution is 6.33. The first kappa shape index (κ1) is 17.3. The van der Waals surface area contributed by atoms with Crippen molar-refractivity contribution in [2.24, 2.45) is 0 Å². The molecule has 0 saturated carbocycles. The van der Waals surface area contributed by atoms with Gasteiger partial charge in [0.05, 0.1) is 12.1 Å². The van der Waals surface area contributed by atoms with Crippen LogP contribution in [0.1, 0.15) is 26.7 Å². The van der Waals surface area contributed by atoms with Crippen molar-refractivity contribution in [3.63, 3.8) is 0 Å². The lowest BCUT2D eigenvalue weighted by atomic mass is 10.2. The summed E-state index contributed by atoms with van der Waals surface area (Å²) in [6.07, 6.45) is 1.98. The van der Waals surface area contributed by atoms with Crippen LogP contribution in [0.3, 0.4) is 0 Å². The second-order valence-corrected chi connectivity index (χ2v) is 6.12. The van der Waals surface area contributed by atoms with E-state index in [-0.39, 0.29) is 0 Å². The Balaban J connectivity index is 2.07. The van der Waals surface area contributed by atoms with Gasteiger partial charge in [-0.05, 0) is 31.0 Å². The van der Waals surface area contributed by atoms with Crippen LogP contribution in [0.2, 0.25) is 5.02 Å². The van der Waals surface area contributed by atoms with Gasteiger partial charge in [-0.2, -0.15) is 14.5 Å². The van der Waals surface area contributed by atoms with Gasteiger partial charge in [0.25, 0.3) is 5.78 Å². The minimum Gasteiger partial charge on any atom is -0.497 e. The number of methoxy groups -OCH3 is 1. The molecule has 132 valence electrons. The van der Waals surface area contributed by atoms with E-state index in [1.54, 1.807) is 23.8 Å². The number of hydrogen-bond acceptors (Lipinski definition) is 6. The van der Waals surface area contributed by atoms with Gasteiger partial charge in [0.2, 0.25) is 0 Å². The van der Waals surface area contributed by atoms with E-state index in [2.05, 4.69) is 34.2 Å². The third-order valence-electron chi connectivity index (χ3n) is 4.09. The predicted molar refractivity (Wildman–Crippen MR) is 100 cm³/mol. The molecule has 2 aromatic heterocycles. The molecule has 0 spiro atoms. The largest absolute Gasteiger partial charge is 0.497 e. The summed E-state index contributed by atoms with van der Waals surface area (Å²) in [5.74, 6) is 2.74. The van der Waals surface area contributed by atoms with Crippen LogP contribution >= 0.6 is 11.6 Å². The molecule has 7 nitrogen and oxygen atoms in total. The van der Waals surface area contributed by atoms with E-state index in [0.29, 0.717) is 39.8 Å². The zero-order valence-electron chi connectivity index (χ0n) is 14.5. The van der Waals surface area contributed by atoms with Crippen molar-refractivity contribution < 1.29 is 4.74 Å². The summed E-state index contributed by atoms with van der Waals surface area (Å²) in [4.78, 5) is 8.74. The molecule has 0 amide bonds. The average molecular weight is 361 g/mol. The maximum Gasteiger partial charge on any atom is 0.256 e. The monoisotopic (exact) mass is 360 g/mol. The highest BCUT2D eigenvalue weighted by Crippen LogP contribution is 2.30. The van der Waals surface area contributed by atoms with E-state index in [1.165, 1.54) is 0 Å². The number of nitrogens with zero attached hydrogens (tertiary/aromatic N) is 4. The van der Waals surface area contributed by atoms with Gasteiger partial charge in [0.15, 0.2) is 5.82 Å². The predicted octanol–water partition coefficient (Wildman–Crippen LogP) is 3.64. The molecule has 3 aromatic rings. The Bertz CT molecular complexity index is 890. The number of benzene rings is 1. The van der Waals surface area contributed by atoms with Crippen LogP contribution in [0, 0.1) is 0 Å². The number of halogens is 1. The summed E-state index contributed by atoms with van der Waals surface area (Å²) in [6.45, 7) is 4.26. The molecule has 0 aliphatic carbocycles. The molecule has 25 heavy (non-hydrogen) atoms. The molecule has 3 N–H and O–H groups in total. The van der Waals surface area contributed by atoms with Crippen molar-refractivity contribution in [2.45, 2.75) is 32.7 Å². The van der Waals surface area contributed by atoms with Gasteiger partial charge in [-0.25, -0.2) is 0 Å². The standard InChI is InChI=1S/C17H21ClN6O/c1-4-10(5-2)20-15-9-14(19)21-17-22-16(23-24(15)17)12-7-6-11(25-3)8-13(12)18/h6-10,20H,4-5H2,1-3H3,(H2,19,21,22,23). The maximum absolute atomic E-state index is 6.34. The summed E-state index contributed by atoms with van der Waals surface area (Å²) in [5, 5.41) is 8.52. The second-order valence-electron chi connectivity index (χ2n) is 5.72. The lowest BCUT2D eigenvalue weighted by Gasteiger charge is -2.16. The van der Waals surface area contributed by atoms with Crippen molar-refractivity contribution in [2.75, 3.05) is 18.2 Å². The highest BCUT2D eigenvalue weighted by atomic mass is 35.5. The van der Waals surface area contributed by atoms with Crippen LogP contribution in [0.25, 0.3) is 17.2 Å². The van der Waals surface area contributed by atoms with Crippen molar-refractivity contribution in [1.82, 2.24) is 19.6 Å². The summed E-state index contributed by atoms with van der Waals surface area (Å²) in [5.41, 5.74) is 6.63. The number of hydrogen-bond donors (Lipinski definition) is 2. The number of aromatic nitrogens is 4. The van der Waals surface area contributed by atoms with E-state index < -0.39 is 0 Å². The van der Waals surface area contributed by atoms with Gasteiger partial charge in [0, 0.05) is 17.7 Å². The van der Waals surface area contributed by atoms with Gasteiger partial charge < -0.3 is 15.8 Å². The molecule has 2 heterocycles. The van der Waals surface area contributed by atoms with Crippen molar-refractivity contribution >= 4 is 29.0 Å². The third kappa shape index (κ3) is 3.46. The molecule has 0 radical (unpaired) electrons. The fourth-order valence-corrected chi connectivity index (χ4v) is 2.86. The van der Waals surface area contributed by atoms with Gasteiger partial charge in [0.1, 0.15) is 17.4 Å². The Hall–Kier alpha value is -2.54. The molecule has 0 bridgehead atoms. The molecule has 0 atom stereocenters. The first-order valence-corrected chi connectivity index (χ1v) is 8.57. The first-order chi connectivity index (χ1) is 12.0. The molecule has 3 rings (SSSR count). The van der Waals surface area contributed by atoms with Crippen LogP contribution in [-0.2, 0) is 0 Å². The van der Waals surface area contributed by atoms with Crippen LogP contribution < -0.4 is 15.8 Å². The fraction of sp³-hybridized carbons (Fsp3) is 0.353. The van der Waals surface area contributed by atoms with Gasteiger partial charge >= 0.3 is 0 Å². The summed E-state index contributed by atoms with van der Waals surface area (Å²) >= 11 is 6.34. The molecule has 8 heteroatoms. The molecular weight excluding hydrogens is 340 g/mol. The number of anilines is 2. The molecule has 0 unspecified atom stereocenters. The second kappa shape index (κ2) is 7.14. The van der Waals surface area contributed by atoms with Crippen LogP contribution in [-0.4, -0.2) is 32.7 Å². The van der Waals surface area contributed by atoms with Crippen LogP contribution in [0.4, 0.5) is 11.6 Å². The lowest BCUT2D eigenvalue weighted by molar-refractivity contribution is 0.415. The molecular formula is C17H21ClN6O. The Labute approximate surface area is 151 Å². The smallest absolute Gasteiger partial charge is 0.256 e. The minimum atomic E-state index is 0.322. The SMILES string of the molecule is CCC(CC)Nc1cc(N)nc2nc(-c3ccc(OC)cc3Cl)nn12. The average Bonchev–Trinajstić information content (AvgIpc) is 3.02. The number of nitrogens with two attached hydrogens (primary N) is 1. The van der Waals surface area contributed by atoms with E-state index in [4.69, 9.17) is 22.1 Å². The first-order valence-electron chi connectivity index (χ1n) is 8.19. The molecule has 0 saturated heterocycles. The summed E-state index contributed by atoms with van der Waals surface area (Å²) in [6, 6.07) is 7.46. The van der Waals surface area contributed by atoms with E-state index >= 15 is 0 Å². The zero-order chi connectivity index (χ0) is 18.0. The number of nitrogens with one attached hydrogen (secondary N) is 1. The Morgan fingerprint density at radius 1 is 1.24 bits per heavy atom. The van der Waals surface area contributed by atoms with Gasteiger partial charge in [-0.15, -0.1) is 5.10 Å². The number of fused-ring (bicyclic) bond motifs is 1. The van der Waals surface area contributed by atoms with E-state index in [9.17, 15) is 0 Å². The summed E-state index contributed by atoms with van der Waals surface area (Å²) in [7, 11) is 1.59. The molecule has 0 fully saturated rings. The quantitative estimate of drug-likeness (QED) is 0.697. The normalized spacial score (nSPS) is 11.2. The fourth-order valence-electron chi connectivity index (χ4n) is 2.61. The molecule has 1 aromatic carbocycles. The van der Waals surface area contributed by atoms with Crippen LogP contribution in [0.5, 0.6) is 5.75 Å². The van der Waals surface area contributed by atoms with Crippen molar-refractivity contribution in [3.05, 3.63) is 29.3 Å². The lowest BCUT2D eigenvalue weighted by Crippen LogP contribution is -2.19. The molecule has 0 aliphatic rings. The Kier molecular flexibility index (Phi) is 4.94. The van der Waals surface area contributed by atoms with E-state index in [0.717, 1.165) is 18.7 Å². The van der Waals surface area contributed by atoms with Crippen molar-refractivity contribution in [3.8, 4) is 17.1 Å².